The number of nitrogens with zero attached hydrogens (tertiary/aromatic N) is 1. The number of ether oxygens (including phenoxy) is 2. The summed E-state index contributed by atoms with van der Waals surface area (Å²) in [6.07, 6.45) is 0.694. The quantitative estimate of drug-likeness (QED) is 0.401. The molecule has 0 aliphatic carbocycles. The Labute approximate surface area is 145 Å². The zero-order valence-corrected chi connectivity index (χ0v) is 14.5. The molecule has 0 saturated carbocycles. The fraction of sp³-hybridized carbons (Fsp3) is 0.250. The Morgan fingerprint density at radius 2 is 1.76 bits per heavy atom. The average Bonchev–Trinajstić information content (AvgIpc) is 2.60. The van der Waals surface area contributed by atoms with Crippen molar-refractivity contribution < 1.29 is 27.0 Å². The van der Waals surface area contributed by atoms with Crippen molar-refractivity contribution in [1.82, 2.24) is 0 Å². The highest BCUT2D eigenvalue weighted by molar-refractivity contribution is 7.87. The lowest BCUT2D eigenvalue weighted by Crippen LogP contribution is -2.11. The molecule has 0 N–H and O–H groups in total. The van der Waals surface area contributed by atoms with Crippen LogP contribution in [0.25, 0.3) is 0 Å². The third kappa shape index (κ3) is 4.68. The van der Waals surface area contributed by atoms with Crippen LogP contribution in [-0.2, 0) is 21.3 Å². The summed E-state index contributed by atoms with van der Waals surface area (Å²) in [5.74, 6) is -0.0347. The van der Waals surface area contributed by atoms with E-state index in [1.807, 2.05) is 0 Å². The Hall–Kier alpha value is -2.65. The molecule has 2 aromatic carbocycles. The van der Waals surface area contributed by atoms with Gasteiger partial charge in [0.05, 0.1) is 24.7 Å². The van der Waals surface area contributed by atoms with Crippen LogP contribution in [0.4, 0.5) is 5.69 Å². The van der Waals surface area contributed by atoms with Gasteiger partial charge in [-0.15, -0.1) is 0 Å². The summed E-state index contributed by atoms with van der Waals surface area (Å²) >= 11 is 0. The Balaban J connectivity index is 2.25. The lowest BCUT2D eigenvalue weighted by molar-refractivity contribution is -0.385. The van der Waals surface area contributed by atoms with Gasteiger partial charge in [0.25, 0.3) is 5.69 Å². The first kappa shape index (κ1) is 18.7. The van der Waals surface area contributed by atoms with E-state index >= 15 is 0 Å². The zero-order chi connectivity index (χ0) is 18.4. The first-order valence-corrected chi connectivity index (χ1v) is 8.63. The van der Waals surface area contributed by atoms with Gasteiger partial charge in [0.1, 0.15) is 16.4 Å². The van der Waals surface area contributed by atoms with Crippen molar-refractivity contribution >= 4 is 15.8 Å². The third-order valence-electron chi connectivity index (χ3n) is 3.35. The molecule has 0 radical (unpaired) electrons. The number of non-ortho nitro benzene ring substituents is 1. The van der Waals surface area contributed by atoms with E-state index in [2.05, 4.69) is 0 Å². The third-order valence-corrected chi connectivity index (χ3v) is 4.64. The maximum atomic E-state index is 12.4. The summed E-state index contributed by atoms with van der Waals surface area (Å²) in [6.45, 7) is 0.554. The average molecular weight is 367 g/mol. The molecular weight excluding hydrogens is 350 g/mol. The van der Waals surface area contributed by atoms with Crippen molar-refractivity contribution in [2.45, 2.75) is 11.3 Å². The van der Waals surface area contributed by atoms with Gasteiger partial charge in [-0.3, -0.25) is 10.1 Å². The van der Waals surface area contributed by atoms with Crippen molar-refractivity contribution in [3.8, 4) is 11.5 Å². The van der Waals surface area contributed by atoms with Crippen molar-refractivity contribution in [3.05, 3.63) is 58.1 Å². The molecule has 0 amide bonds. The standard InChI is InChI=1S/C16H17NO7S/c1-22-10-9-12-3-6-14(7-4-12)24-25(20,21)16-8-5-13(17(18)19)11-15(16)23-2/h3-8,11H,9-10H2,1-2H3. The topological polar surface area (TPSA) is 105 Å². The van der Waals surface area contributed by atoms with Crippen LogP contribution >= 0.6 is 0 Å². The van der Waals surface area contributed by atoms with Gasteiger partial charge >= 0.3 is 10.1 Å². The number of rotatable bonds is 8. The van der Waals surface area contributed by atoms with Crippen LogP contribution < -0.4 is 8.92 Å². The predicted octanol–water partition coefficient (Wildman–Crippen LogP) is 2.56. The van der Waals surface area contributed by atoms with Gasteiger partial charge in [0.2, 0.25) is 0 Å². The number of benzene rings is 2. The summed E-state index contributed by atoms with van der Waals surface area (Å²) in [6, 6.07) is 9.71. The van der Waals surface area contributed by atoms with Gasteiger partial charge in [0.15, 0.2) is 0 Å². The number of hydrogen-bond acceptors (Lipinski definition) is 7. The predicted molar refractivity (Wildman–Crippen MR) is 89.5 cm³/mol. The molecule has 0 fully saturated rings. The largest absolute Gasteiger partial charge is 0.495 e. The van der Waals surface area contributed by atoms with E-state index in [4.69, 9.17) is 13.7 Å². The van der Waals surface area contributed by atoms with Gasteiger partial charge in [-0.2, -0.15) is 8.42 Å². The highest BCUT2D eigenvalue weighted by Crippen LogP contribution is 2.30. The summed E-state index contributed by atoms with van der Waals surface area (Å²) in [7, 11) is -1.38. The molecule has 2 rings (SSSR count). The van der Waals surface area contributed by atoms with Crippen LogP contribution in [0, 0.1) is 10.1 Å². The molecule has 134 valence electrons. The Morgan fingerprint density at radius 1 is 1.08 bits per heavy atom. The molecule has 0 saturated heterocycles. The lowest BCUT2D eigenvalue weighted by atomic mass is 10.1. The molecular formula is C16H17NO7S. The minimum absolute atomic E-state index is 0.126. The monoisotopic (exact) mass is 367 g/mol. The highest BCUT2D eigenvalue weighted by atomic mass is 32.2. The van der Waals surface area contributed by atoms with Gasteiger partial charge in [-0.05, 0) is 30.2 Å². The molecule has 9 heteroatoms. The number of methoxy groups -OCH3 is 2. The Kier molecular flexibility index (Phi) is 5.94. The van der Waals surface area contributed by atoms with Crippen LogP contribution in [0.1, 0.15) is 5.56 Å². The number of nitro groups is 1. The summed E-state index contributed by atoms with van der Waals surface area (Å²) in [5.41, 5.74) is 0.692. The maximum Gasteiger partial charge on any atom is 0.342 e. The van der Waals surface area contributed by atoms with Gasteiger partial charge in [-0.1, -0.05) is 12.1 Å². The van der Waals surface area contributed by atoms with E-state index < -0.39 is 15.0 Å². The van der Waals surface area contributed by atoms with E-state index in [1.165, 1.54) is 19.2 Å². The molecule has 0 heterocycles. The fourth-order valence-electron chi connectivity index (χ4n) is 2.08. The molecule has 0 atom stereocenters. The van der Waals surface area contributed by atoms with Crippen LogP contribution in [0.2, 0.25) is 0 Å². The Bertz CT molecular complexity index is 847. The molecule has 0 aliphatic rings. The van der Waals surface area contributed by atoms with E-state index in [0.717, 1.165) is 23.8 Å². The van der Waals surface area contributed by atoms with Crippen LogP contribution in [-0.4, -0.2) is 34.2 Å². The van der Waals surface area contributed by atoms with E-state index in [1.54, 1.807) is 19.2 Å². The molecule has 0 spiro atoms. The summed E-state index contributed by atoms with van der Waals surface area (Å²) < 4.78 is 39.9. The van der Waals surface area contributed by atoms with E-state index in [9.17, 15) is 18.5 Å². The first-order chi connectivity index (χ1) is 11.9. The molecule has 0 unspecified atom stereocenters. The highest BCUT2D eigenvalue weighted by Gasteiger charge is 2.24. The fourth-order valence-corrected chi connectivity index (χ4v) is 3.16. The van der Waals surface area contributed by atoms with E-state index in [-0.39, 0.29) is 22.1 Å². The first-order valence-electron chi connectivity index (χ1n) is 7.22. The molecule has 0 bridgehead atoms. The van der Waals surface area contributed by atoms with Crippen molar-refractivity contribution in [2.24, 2.45) is 0 Å². The number of hydrogen-bond donors (Lipinski definition) is 0. The van der Waals surface area contributed by atoms with Crippen LogP contribution in [0.15, 0.2) is 47.4 Å². The second-order valence-electron chi connectivity index (χ2n) is 5.02. The minimum atomic E-state index is -4.20. The second-order valence-corrected chi connectivity index (χ2v) is 6.53. The molecule has 0 aromatic heterocycles. The van der Waals surface area contributed by atoms with E-state index in [0.29, 0.717) is 13.0 Å². The van der Waals surface area contributed by atoms with Gasteiger partial charge < -0.3 is 13.7 Å². The van der Waals surface area contributed by atoms with Crippen molar-refractivity contribution in [1.29, 1.82) is 0 Å². The second kappa shape index (κ2) is 7.95. The minimum Gasteiger partial charge on any atom is -0.495 e. The SMILES string of the molecule is COCCc1ccc(OS(=O)(=O)c2ccc([N+](=O)[O-])cc2OC)cc1. The number of nitro benzene ring substituents is 1. The van der Waals surface area contributed by atoms with Crippen molar-refractivity contribution in [2.75, 3.05) is 20.8 Å². The molecule has 25 heavy (non-hydrogen) atoms. The normalized spacial score (nSPS) is 11.1. The molecule has 8 nitrogen and oxygen atoms in total. The maximum absolute atomic E-state index is 12.4. The molecule has 0 aliphatic heterocycles. The molecule has 2 aromatic rings. The zero-order valence-electron chi connectivity index (χ0n) is 13.7. The summed E-state index contributed by atoms with van der Waals surface area (Å²) in [4.78, 5) is 9.86. The van der Waals surface area contributed by atoms with Gasteiger partial charge in [-0.25, -0.2) is 0 Å². The summed E-state index contributed by atoms with van der Waals surface area (Å²) in [5, 5.41) is 10.8. The van der Waals surface area contributed by atoms with Crippen LogP contribution in [0.3, 0.4) is 0 Å². The lowest BCUT2D eigenvalue weighted by Gasteiger charge is -2.11. The van der Waals surface area contributed by atoms with Gasteiger partial charge in [0, 0.05) is 13.2 Å². The van der Waals surface area contributed by atoms with Crippen molar-refractivity contribution in [3.63, 3.8) is 0 Å². The smallest absolute Gasteiger partial charge is 0.342 e. The van der Waals surface area contributed by atoms with Crippen LogP contribution in [0.5, 0.6) is 11.5 Å². The Morgan fingerprint density at radius 3 is 2.32 bits per heavy atom.